The van der Waals surface area contributed by atoms with Crippen molar-refractivity contribution in [3.8, 4) is 0 Å². The highest BCUT2D eigenvalue weighted by molar-refractivity contribution is 7.99. The van der Waals surface area contributed by atoms with E-state index in [0.717, 1.165) is 48.5 Å². The Morgan fingerprint density at radius 3 is 2.54 bits per heavy atom. The molecule has 1 N–H and O–H groups in total. The van der Waals surface area contributed by atoms with Gasteiger partial charge in [0.25, 0.3) is 5.91 Å². The molecule has 1 aliphatic carbocycles. The Morgan fingerprint density at radius 1 is 1.04 bits per heavy atom. The summed E-state index contributed by atoms with van der Waals surface area (Å²) in [5.74, 6) is 1.03. The first-order valence-corrected chi connectivity index (χ1v) is 10.5. The smallest absolute Gasteiger partial charge is 0.252 e. The summed E-state index contributed by atoms with van der Waals surface area (Å²) in [5, 5.41) is 3.29. The van der Waals surface area contributed by atoms with Gasteiger partial charge in [-0.15, -0.1) is 11.8 Å². The average molecular weight is 348 g/mol. The number of nitrogens with one attached hydrogen (secondary N) is 1. The van der Waals surface area contributed by atoms with Gasteiger partial charge in [0.05, 0.1) is 11.7 Å². The van der Waals surface area contributed by atoms with Gasteiger partial charge >= 0.3 is 0 Å². The van der Waals surface area contributed by atoms with E-state index in [0.29, 0.717) is 12.1 Å². The fraction of sp³-hybridized carbons (Fsp3) is 0.650. The normalized spacial score (nSPS) is 22.8. The fourth-order valence-corrected chi connectivity index (χ4v) is 4.72. The predicted octanol–water partition coefficient (Wildman–Crippen LogP) is 4.80. The van der Waals surface area contributed by atoms with Crippen LogP contribution in [0.3, 0.4) is 0 Å². The van der Waals surface area contributed by atoms with Crippen LogP contribution in [-0.4, -0.2) is 30.4 Å². The SMILES string of the molecule is O=C(NC1CCCCCCC1)c1ccccc1SCC1CCCO1. The van der Waals surface area contributed by atoms with Crippen LogP contribution in [-0.2, 0) is 4.74 Å². The van der Waals surface area contributed by atoms with Crippen LogP contribution in [0, 0.1) is 0 Å². The lowest BCUT2D eigenvalue weighted by Gasteiger charge is -2.21. The highest BCUT2D eigenvalue weighted by Gasteiger charge is 2.20. The third kappa shape index (κ3) is 5.25. The maximum absolute atomic E-state index is 12.8. The minimum atomic E-state index is 0.0935. The van der Waals surface area contributed by atoms with E-state index in [2.05, 4.69) is 11.4 Å². The molecule has 24 heavy (non-hydrogen) atoms. The number of thioether (sulfide) groups is 1. The van der Waals surface area contributed by atoms with E-state index < -0.39 is 0 Å². The molecule has 3 rings (SSSR count). The first-order valence-electron chi connectivity index (χ1n) is 9.47. The molecule has 132 valence electrons. The zero-order chi connectivity index (χ0) is 16.6. The summed E-state index contributed by atoms with van der Waals surface area (Å²) in [6, 6.07) is 8.34. The van der Waals surface area contributed by atoms with Gasteiger partial charge in [-0.2, -0.15) is 0 Å². The number of carbonyl (C=O) groups excluding carboxylic acids is 1. The zero-order valence-corrected chi connectivity index (χ0v) is 15.3. The van der Waals surface area contributed by atoms with Crippen molar-refractivity contribution in [3.05, 3.63) is 29.8 Å². The molecule has 1 saturated heterocycles. The van der Waals surface area contributed by atoms with Gasteiger partial charge in [0.1, 0.15) is 0 Å². The molecule has 1 amide bonds. The fourth-order valence-electron chi connectivity index (χ4n) is 3.60. The van der Waals surface area contributed by atoms with E-state index in [4.69, 9.17) is 4.74 Å². The van der Waals surface area contributed by atoms with Crippen LogP contribution >= 0.6 is 11.8 Å². The second kappa shape index (κ2) is 9.47. The molecular weight excluding hydrogens is 318 g/mol. The summed E-state index contributed by atoms with van der Waals surface area (Å²) < 4.78 is 5.70. The van der Waals surface area contributed by atoms with Crippen molar-refractivity contribution in [1.29, 1.82) is 0 Å². The predicted molar refractivity (Wildman–Crippen MR) is 99.7 cm³/mol. The third-order valence-corrected chi connectivity index (χ3v) is 6.23. The number of rotatable bonds is 5. The molecule has 1 unspecified atom stereocenters. The lowest BCUT2D eigenvalue weighted by molar-refractivity contribution is 0.0927. The quantitative estimate of drug-likeness (QED) is 0.778. The number of hydrogen-bond acceptors (Lipinski definition) is 3. The molecule has 0 aromatic heterocycles. The lowest BCUT2D eigenvalue weighted by atomic mass is 9.96. The minimum Gasteiger partial charge on any atom is -0.377 e. The Labute approximate surface area is 149 Å². The monoisotopic (exact) mass is 347 g/mol. The number of ether oxygens (including phenoxy) is 1. The van der Waals surface area contributed by atoms with E-state index in [1.54, 1.807) is 11.8 Å². The average Bonchev–Trinajstić information content (AvgIpc) is 3.09. The lowest BCUT2D eigenvalue weighted by Crippen LogP contribution is -2.35. The Bertz CT molecular complexity index is 520. The van der Waals surface area contributed by atoms with E-state index in [1.807, 2.05) is 18.2 Å². The summed E-state index contributed by atoms with van der Waals surface area (Å²) in [5.41, 5.74) is 0.822. The van der Waals surface area contributed by atoms with Crippen LogP contribution in [0.25, 0.3) is 0 Å². The second-order valence-corrected chi connectivity index (χ2v) is 8.02. The van der Waals surface area contributed by atoms with Gasteiger partial charge in [-0.25, -0.2) is 0 Å². The van der Waals surface area contributed by atoms with Crippen molar-refractivity contribution in [3.63, 3.8) is 0 Å². The first-order chi connectivity index (χ1) is 11.8. The summed E-state index contributed by atoms with van der Waals surface area (Å²) in [6.45, 7) is 0.884. The van der Waals surface area contributed by atoms with Crippen molar-refractivity contribution in [2.45, 2.75) is 74.8 Å². The molecule has 1 saturated carbocycles. The molecule has 1 aliphatic heterocycles. The molecule has 0 bridgehead atoms. The molecule has 2 fully saturated rings. The summed E-state index contributed by atoms with van der Waals surface area (Å²) in [4.78, 5) is 13.9. The molecule has 0 spiro atoms. The van der Waals surface area contributed by atoms with Crippen molar-refractivity contribution in [1.82, 2.24) is 5.32 Å². The number of carbonyl (C=O) groups is 1. The Hall–Kier alpha value is -1.00. The highest BCUT2D eigenvalue weighted by Crippen LogP contribution is 2.27. The molecule has 4 heteroatoms. The molecule has 1 atom stereocenters. The van der Waals surface area contributed by atoms with Crippen molar-refractivity contribution < 1.29 is 9.53 Å². The highest BCUT2D eigenvalue weighted by atomic mass is 32.2. The second-order valence-electron chi connectivity index (χ2n) is 6.96. The standard InChI is InChI=1S/C20H29NO2S/c22-20(21-16-9-4-2-1-3-5-10-16)18-12-6-7-13-19(18)24-15-17-11-8-14-23-17/h6-7,12-13,16-17H,1-5,8-11,14-15H2,(H,21,22). The topological polar surface area (TPSA) is 38.3 Å². The van der Waals surface area contributed by atoms with Crippen LogP contribution in [0.2, 0.25) is 0 Å². The van der Waals surface area contributed by atoms with E-state index >= 15 is 0 Å². The van der Waals surface area contributed by atoms with Crippen LogP contribution in [0.4, 0.5) is 0 Å². The number of hydrogen-bond donors (Lipinski definition) is 1. The van der Waals surface area contributed by atoms with Gasteiger partial charge in [0.2, 0.25) is 0 Å². The zero-order valence-electron chi connectivity index (χ0n) is 14.5. The van der Waals surface area contributed by atoms with Gasteiger partial charge in [-0.05, 0) is 37.8 Å². The molecular formula is C20H29NO2S. The Balaban J connectivity index is 1.58. The van der Waals surface area contributed by atoms with Crippen molar-refractivity contribution in [2.24, 2.45) is 0 Å². The Morgan fingerprint density at radius 2 is 1.79 bits per heavy atom. The van der Waals surface area contributed by atoms with Gasteiger partial charge in [-0.3, -0.25) is 4.79 Å². The van der Waals surface area contributed by atoms with Gasteiger partial charge < -0.3 is 10.1 Å². The molecule has 1 aromatic carbocycles. The molecule has 0 radical (unpaired) electrons. The van der Waals surface area contributed by atoms with Crippen LogP contribution in [0.5, 0.6) is 0 Å². The summed E-state index contributed by atoms with van der Waals surface area (Å²) in [7, 11) is 0. The molecule has 2 aliphatic rings. The Kier molecular flexibility index (Phi) is 7.03. The van der Waals surface area contributed by atoms with Crippen LogP contribution < -0.4 is 5.32 Å². The van der Waals surface area contributed by atoms with Crippen molar-refractivity contribution in [2.75, 3.05) is 12.4 Å². The third-order valence-electron chi connectivity index (χ3n) is 5.02. The van der Waals surface area contributed by atoms with Gasteiger partial charge in [-0.1, -0.05) is 44.2 Å². The summed E-state index contributed by atoms with van der Waals surface area (Å²) in [6.07, 6.45) is 11.3. The molecule has 1 aromatic rings. The first kappa shape index (κ1) is 17.8. The van der Waals surface area contributed by atoms with E-state index in [-0.39, 0.29) is 5.91 Å². The van der Waals surface area contributed by atoms with Crippen molar-refractivity contribution >= 4 is 17.7 Å². The molecule has 3 nitrogen and oxygen atoms in total. The molecule has 1 heterocycles. The van der Waals surface area contributed by atoms with Crippen LogP contribution in [0.15, 0.2) is 29.2 Å². The van der Waals surface area contributed by atoms with E-state index in [1.165, 1.54) is 32.1 Å². The van der Waals surface area contributed by atoms with Crippen LogP contribution in [0.1, 0.15) is 68.1 Å². The largest absolute Gasteiger partial charge is 0.377 e. The minimum absolute atomic E-state index is 0.0935. The van der Waals surface area contributed by atoms with Gasteiger partial charge in [0, 0.05) is 23.3 Å². The number of amides is 1. The maximum atomic E-state index is 12.8. The van der Waals surface area contributed by atoms with Gasteiger partial charge in [0.15, 0.2) is 0 Å². The maximum Gasteiger partial charge on any atom is 0.252 e. The summed E-state index contributed by atoms with van der Waals surface area (Å²) >= 11 is 1.76. The number of benzene rings is 1. The van der Waals surface area contributed by atoms with E-state index in [9.17, 15) is 4.79 Å².